The van der Waals surface area contributed by atoms with E-state index in [0.29, 0.717) is 12.2 Å². The monoisotopic (exact) mass is 370 g/mol. The third-order valence-electron chi connectivity index (χ3n) is 5.19. The zero-order valence-electron chi connectivity index (χ0n) is 16.0. The third kappa shape index (κ3) is 4.36. The first kappa shape index (κ1) is 19.1. The van der Waals surface area contributed by atoms with Crippen LogP contribution >= 0.6 is 0 Å². The molecule has 1 aromatic carbocycles. The first-order valence-corrected chi connectivity index (χ1v) is 9.27. The molecular weight excluding hydrogens is 344 g/mol. The van der Waals surface area contributed by atoms with Crippen LogP contribution in [0.15, 0.2) is 24.3 Å². The fourth-order valence-electron chi connectivity index (χ4n) is 3.62. The highest BCUT2D eigenvalue weighted by Gasteiger charge is 2.35. The molecule has 3 N–H and O–H groups in total. The Morgan fingerprint density at radius 1 is 1.30 bits per heavy atom. The zero-order valence-corrected chi connectivity index (χ0v) is 16.0. The number of H-pyrrole nitrogens is 1. The van der Waals surface area contributed by atoms with E-state index in [1.54, 1.807) is 6.07 Å². The molecule has 0 spiro atoms. The minimum Gasteiger partial charge on any atom is -0.480 e. The van der Waals surface area contributed by atoms with Gasteiger partial charge in [-0.05, 0) is 44.9 Å². The van der Waals surface area contributed by atoms with Crippen molar-refractivity contribution >= 4 is 11.9 Å². The smallest absolute Gasteiger partial charge is 0.317 e. The lowest BCUT2D eigenvalue weighted by Gasteiger charge is -2.42. The lowest BCUT2D eigenvalue weighted by Crippen LogP contribution is -2.54. The summed E-state index contributed by atoms with van der Waals surface area (Å²) in [6.07, 6.45) is 1.54. The van der Waals surface area contributed by atoms with E-state index in [1.807, 2.05) is 37.8 Å². The van der Waals surface area contributed by atoms with E-state index < -0.39 is 5.97 Å². The molecule has 1 fully saturated rings. The summed E-state index contributed by atoms with van der Waals surface area (Å²) >= 11 is 0. The number of likely N-dealkylation sites (N-methyl/N-ethyl adjacent to an activating group) is 1. The van der Waals surface area contributed by atoms with E-state index in [1.165, 1.54) is 5.56 Å². The van der Waals surface area contributed by atoms with Gasteiger partial charge in [-0.2, -0.15) is 5.10 Å². The second-order valence-electron chi connectivity index (χ2n) is 7.24. The molecule has 1 aliphatic carbocycles. The van der Waals surface area contributed by atoms with Gasteiger partial charge in [-0.1, -0.05) is 30.7 Å². The lowest BCUT2D eigenvalue weighted by atomic mass is 9.85. The number of benzene rings is 1. The van der Waals surface area contributed by atoms with Crippen molar-refractivity contribution in [1.29, 1.82) is 0 Å². The number of hydrogen-bond acceptors (Lipinski definition) is 4. The SMILES string of the molecule is CCN(CC(=O)O)C1CC(NC(=O)c2cc(-c3ccc(C)cc3C)n[nH]2)C1. The van der Waals surface area contributed by atoms with Crippen molar-refractivity contribution in [1.82, 2.24) is 20.4 Å². The van der Waals surface area contributed by atoms with E-state index in [9.17, 15) is 9.59 Å². The number of hydrogen-bond donors (Lipinski definition) is 3. The summed E-state index contributed by atoms with van der Waals surface area (Å²) in [5.41, 5.74) is 4.50. The van der Waals surface area contributed by atoms with E-state index in [4.69, 9.17) is 5.11 Å². The molecule has 27 heavy (non-hydrogen) atoms. The molecule has 7 nitrogen and oxygen atoms in total. The number of carboxylic acid groups (broad SMARTS) is 1. The van der Waals surface area contributed by atoms with E-state index in [-0.39, 0.29) is 24.5 Å². The molecule has 7 heteroatoms. The van der Waals surface area contributed by atoms with Crippen LogP contribution in [0.2, 0.25) is 0 Å². The van der Waals surface area contributed by atoms with Crippen molar-refractivity contribution < 1.29 is 14.7 Å². The average Bonchev–Trinajstić information content (AvgIpc) is 3.05. The maximum Gasteiger partial charge on any atom is 0.317 e. The highest BCUT2D eigenvalue weighted by Crippen LogP contribution is 2.26. The fourth-order valence-corrected chi connectivity index (χ4v) is 3.62. The summed E-state index contributed by atoms with van der Waals surface area (Å²) in [5, 5.41) is 19.1. The van der Waals surface area contributed by atoms with E-state index in [0.717, 1.165) is 29.7 Å². The van der Waals surface area contributed by atoms with Gasteiger partial charge in [0.25, 0.3) is 5.91 Å². The number of aryl methyl sites for hydroxylation is 2. The summed E-state index contributed by atoms with van der Waals surface area (Å²) in [6, 6.07) is 8.19. The minimum absolute atomic E-state index is 0.0433. The summed E-state index contributed by atoms with van der Waals surface area (Å²) in [7, 11) is 0. The second kappa shape index (κ2) is 7.92. The minimum atomic E-state index is -0.819. The van der Waals surface area contributed by atoms with Crippen molar-refractivity contribution in [2.24, 2.45) is 0 Å². The first-order valence-electron chi connectivity index (χ1n) is 9.27. The van der Waals surface area contributed by atoms with Crippen LogP contribution in [-0.2, 0) is 4.79 Å². The molecule has 1 saturated carbocycles. The maximum atomic E-state index is 12.5. The topological polar surface area (TPSA) is 98.3 Å². The molecular formula is C20H26N4O3. The van der Waals surface area contributed by atoms with Gasteiger partial charge >= 0.3 is 5.97 Å². The Hall–Kier alpha value is -2.67. The number of aromatic nitrogens is 2. The van der Waals surface area contributed by atoms with E-state index in [2.05, 4.69) is 21.6 Å². The van der Waals surface area contributed by atoms with Crippen LogP contribution in [0.5, 0.6) is 0 Å². The van der Waals surface area contributed by atoms with E-state index >= 15 is 0 Å². The molecule has 2 aromatic rings. The fraction of sp³-hybridized carbons (Fsp3) is 0.450. The number of nitrogens with one attached hydrogen (secondary N) is 2. The van der Waals surface area contributed by atoms with Gasteiger partial charge < -0.3 is 10.4 Å². The van der Waals surface area contributed by atoms with Gasteiger partial charge in [0.1, 0.15) is 5.69 Å². The zero-order chi connectivity index (χ0) is 19.6. The number of aromatic amines is 1. The van der Waals surface area contributed by atoms with Gasteiger partial charge in [-0.15, -0.1) is 0 Å². The Morgan fingerprint density at radius 2 is 2.04 bits per heavy atom. The van der Waals surface area contributed by atoms with Crippen LogP contribution in [0, 0.1) is 13.8 Å². The number of carbonyl (C=O) groups excluding carboxylic acids is 1. The number of nitrogens with zero attached hydrogens (tertiary/aromatic N) is 2. The molecule has 1 amide bonds. The third-order valence-corrected chi connectivity index (χ3v) is 5.19. The molecule has 0 saturated heterocycles. The van der Waals surface area contributed by atoms with Gasteiger partial charge in [-0.3, -0.25) is 19.6 Å². The van der Waals surface area contributed by atoms with Crippen LogP contribution in [0.3, 0.4) is 0 Å². The number of aliphatic carboxylic acids is 1. The van der Waals surface area contributed by atoms with Crippen molar-refractivity contribution in [3.63, 3.8) is 0 Å². The van der Waals surface area contributed by atoms with Gasteiger partial charge in [0.05, 0.1) is 12.2 Å². The molecule has 1 aliphatic rings. The van der Waals surface area contributed by atoms with Crippen molar-refractivity contribution in [3.8, 4) is 11.3 Å². The standard InChI is InChI=1S/C20H26N4O3/c1-4-24(11-19(25)26)15-8-14(9-15)21-20(27)18-10-17(22-23-18)16-6-5-12(2)7-13(16)3/h5-7,10,14-15H,4,8-9,11H2,1-3H3,(H,21,27)(H,22,23)(H,25,26). The molecule has 0 radical (unpaired) electrons. The van der Waals surface area contributed by atoms with Crippen LogP contribution in [-0.4, -0.2) is 57.3 Å². The predicted molar refractivity (Wildman–Crippen MR) is 103 cm³/mol. The first-order chi connectivity index (χ1) is 12.9. The number of carbonyl (C=O) groups is 2. The quantitative estimate of drug-likeness (QED) is 0.695. The summed E-state index contributed by atoms with van der Waals surface area (Å²) < 4.78 is 0. The van der Waals surface area contributed by atoms with Crippen molar-refractivity contribution in [3.05, 3.63) is 41.1 Å². The number of rotatable bonds is 7. The highest BCUT2D eigenvalue weighted by atomic mass is 16.4. The Bertz CT molecular complexity index is 840. The van der Waals surface area contributed by atoms with Crippen molar-refractivity contribution in [2.75, 3.05) is 13.1 Å². The molecule has 0 aliphatic heterocycles. The largest absolute Gasteiger partial charge is 0.480 e. The molecule has 1 heterocycles. The number of carboxylic acids is 1. The average molecular weight is 370 g/mol. The summed E-state index contributed by atoms with van der Waals surface area (Å²) in [6.45, 7) is 6.76. The molecule has 0 atom stereocenters. The molecule has 144 valence electrons. The molecule has 1 aromatic heterocycles. The highest BCUT2D eigenvalue weighted by molar-refractivity contribution is 5.93. The van der Waals surface area contributed by atoms with Crippen LogP contribution in [0.4, 0.5) is 0 Å². The normalized spacial score (nSPS) is 19.0. The lowest BCUT2D eigenvalue weighted by molar-refractivity contribution is -0.139. The van der Waals surface area contributed by atoms with Gasteiger partial charge in [-0.25, -0.2) is 0 Å². The predicted octanol–water partition coefficient (Wildman–Crippen LogP) is 2.36. The van der Waals surface area contributed by atoms with Gasteiger partial charge in [0, 0.05) is 17.6 Å². The van der Waals surface area contributed by atoms with Gasteiger partial charge in [0.15, 0.2) is 0 Å². The molecule has 0 bridgehead atoms. The van der Waals surface area contributed by atoms with Crippen LogP contribution in [0.25, 0.3) is 11.3 Å². The Morgan fingerprint density at radius 3 is 2.67 bits per heavy atom. The maximum absolute atomic E-state index is 12.5. The Kier molecular flexibility index (Phi) is 5.60. The summed E-state index contributed by atoms with van der Waals surface area (Å²) in [4.78, 5) is 25.3. The summed E-state index contributed by atoms with van der Waals surface area (Å²) in [5.74, 6) is -0.996. The van der Waals surface area contributed by atoms with Crippen LogP contribution in [0.1, 0.15) is 41.4 Å². The van der Waals surface area contributed by atoms with Gasteiger partial charge in [0.2, 0.25) is 0 Å². The molecule has 3 rings (SSSR count). The van der Waals surface area contributed by atoms with Crippen LogP contribution < -0.4 is 5.32 Å². The Balaban J connectivity index is 1.57. The Labute approximate surface area is 158 Å². The van der Waals surface area contributed by atoms with Crippen molar-refractivity contribution in [2.45, 2.75) is 45.7 Å². The number of amides is 1. The molecule has 0 unspecified atom stereocenters. The second-order valence-corrected chi connectivity index (χ2v) is 7.24.